The monoisotopic (exact) mass is 295 g/mol. The maximum atomic E-state index is 12.5. The minimum Gasteiger partial charge on any atom is -0.506 e. The highest BCUT2D eigenvalue weighted by atomic mass is 16.5. The van der Waals surface area contributed by atoms with Crippen molar-refractivity contribution in [2.45, 2.75) is 19.4 Å². The molecular weight excluding hydrogens is 278 g/mol. The third-order valence-corrected chi connectivity index (χ3v) is 3.97. The lowest BCUT2D eigenvalue weighted by Gasteiger charge is -2.22. The van der Waals surface area contributed by atoms with Crippen molar-refractivity contribution in [2.24, 2.45) is 0 Å². The van der Waals surface area contributed by atoms with Crippen LogP contribution in [0, 0.1) is 0 Å². The number of aromatic hydroxyl groups is 1. The van der Waals surface area contributed by atoms with Crippen LogP contribution in [0.4, 0.5) is 0 Å². The molecular formula is C18H17NO3. The zero-order chi connectivity index (χ0) is 15.9. The van der Waals surface area contributed by atoms with Gasteiger partial charge in [0.05, 0.1) is 16.6 Å². The standard InChI is InChI=1S/C18H17NO3/c1-18(2,22-3)17(21)12-8-9-15-13(16(12)20)10-11-6-4-5-7-14(11)19-15/h4-10,20H,1-3H3. The predicted molar refractivity (Wildman–Crippen MR) is 86.3 cm³/mol. The maximum Gasteiger partial charge on any atom is 0.197 e. The summed E-state index contributed by atoms with van der Waals surface area (Å²) in [5.74, 6) is -0.312. The molecule has 0 aliphatic heterocycles. The molecule has 2 aromatic carbocycles. The Morgan fingerprint density at radius 3 is 2.59 bits per heavy atom. The topological polar surface area (TPSA) is 59.4 Å². The number of ether oxygens (including phenoxy) is 1. The van der Waals surface area contributed by atoms with E-state index in [9.17, 15) is 9.90 Å². The van der Waals surface area contributed by atoms with E-state index in [2.05, 4.69) is 4.98 Å². The highest BCUT2D eigenvalue weighted by Gasteiger charge is 2.30. The maximum absolute atomic E-state index is 12.5. The van der Waals surface area contributed by atoms with E-state index in [0.717, 1.165) is 10.9 Å². The molecule has 0 unspecified atom stereocenters. The fourth-order valence-corrected chi connectivity index (χ4v) is 2.43. The summed E-state index contributed by atoms with van der Waals surface area (Å²) in [6, 6.07) is 12.9. The first-order valence-corrected chi connectivity index (χ1v) is 7.05. The largest absolute Gasteiger partial charge is 0.506 e. The van der Waals surface area contributed by atoms with Crippen LogP contribution in [-0.4, -0.2) is 28.6 Å². The van der Waals surface area contributed by atoms with E-state index >= 15 is 0 Å². The van der Waals surface area contributed by atoms with Crippen LogP contribution < -0.4 is 0 Å². The highest BCUT2D eigenvalue weighted by molar-refractivity contribution is 6.09. The van der Waals surface area contributed by atoms with Gasteiger partial charge in [-0.2, -0.15) is 0 Å². The summed E-state index contributed by atoms with van der Waals surface area (Å²) >= 11 is 0. The van der Waals surface area contributed by atoms with Crippen LogP contribution in [0.25, 0.3) is 21.8 Å². The van der Waals surface area contributed by atoms with Crippen molar-refractivity contribution in [1.29, 1.82) is 0 Å². The molecule has 1 aromatic heterocycles. The number of carbonyl (C=O) groups excluding carboxylic acids is 1. The van der Waals surface area contributed by atoms with Crippen molar-refractivity contribution >= 4 is 27.6 Å². The van der Waals surface area contributed by atoms with Gasteiger partial charge < -0.3 is 9.84 Å². The number of rotatable bonds is 3. The van der Waals surface area contributed by atoms with Crippen LogP contribution in [-0.2, 0) is 4.74 Å². The summed E-state index contributed by atoms with van der Waals surface area (Å²) < 4.78 is 5.21. The van der Waals surface area contributed by atoms with Crippen LogP contribution in [0.3, 0.4) is 0 Å². The third-order valence-electron chi connectivity index (χ3n) is 3.97. The minimum atomic E-state index is -0.991. The number of fused-ring (bicyclic) bond motifs is 2. The average molecular weight is 295 g/mol. The number of phenolic OH excluding ortho intramolecular Hbond substituents is 1. The molecule has 0 aliphatic rings. The SMILES string of the molecule is COC(C)(C)C(=O)c1ccc2nc3ccccc3cc2c1O. The number of benzene rings is 2. The number of phenols is 1. The molecule has 0 saturated carbocycles. The normalized spacial score (nSPS) is 12.0. The van der Waals surface area contributed by atoms with Gasteiger partial charge in [0.15, 0.2) is 5.78 Å². The van der Waals surface area contributed by atoms with Crippen LogP contribution in [0.2, 0.25) is 0 Å². The number of nitrogens with zero attached hydrogens (tertiary/aromatic N) is 1. The summed E-state index contributed by atoms with van der Waals surface area (Å²) in [4.78, 5) is 17.0. The smallest absolute Gasteiger partial charge is 0.197 e. The van der Waals surface area contributed by atoms with E-state index in [4.69, 9.17) is 4.74 Å². The van der Waals surface area contributed by atoms with Crippen molar-refractivity contribution in [3.63, 3.8) is 0 Å². The van der Waals surface area contributed by atoms with E-state index in [0.29, 0.717) is 10.9 Å². The molecule has 0 bridgehead atoms. The number of carbonyl (C=O) groups is 1. The molecule has 1 heterocycles. The van der Waals surface area contributed by atoms with Crippen LogP contribution >= 0.6 is 0 Å². The summed E-state index contributed by atoms with van der Waals surface area (Å²) in [7, 11) is 1.48. The molecule has 4 nitrogen and oxygen atoms in total. The summed E-state index contributed by atoms with van der Waals surface area (Å²) in [6.45, 7) is 3.36. The number of ketones is 1. The molecule has 0 amide bonds. The van der Waals surface area contributed by atoms with E-state index < -0.39 is 5.60 Å². The summed E-state index contributed by atoms with van der Waals surface area (Å²) in [5.41, 5.74) is 0.764. The van der Waals surface area contributed by atoms with Crippen molar-refractivity contribution in [2.75, 3.05) is 7.11 Å². The van der Waals surface area contributed by atoms with Gasteiger partial charge in [0.2, 0.25) is 0 Å². The number of Topliss-reactive ketones (excluding diaryl/α,β-unsaturated/α-hetero) is 1. The highest BCUT2D eigenvalue weighted by Crippen LogP contribution is 2.32. The third kappa shape index (κ3) is 2.22. The van der Waals surface area contributed by atoms with Gasteiger partial charge in [-0.3, -0.25) is 4.79 Å². The van der Waals surface area contributed by atoms with Gasteiger partial charge >= 0.3 is 0 Å². The van der Waals surface area contributed by atoms with Gasteiger partial charge in [0, 0.05) is 17.9 Å². The molecule has 0 saturated heterocycles. The van der Waals surface area contributed by atoms with Gasteiger partial charge in [0.25, 0.3) is 0 Å². The fraction of sp³-hybridized carbons (Fsp3) is 0.222. The van der Waals surface area contributed by atoms with Crippen molar-refractivity contribution in [1.82, 2.24) is 4.98 Å². The number of hydrogen-bond acceptors (Lipinski definition) is 4. The van der Waals surface area contributed by atoms with Gasteiger partial charge in [-0.25, -0.2) is 4.98 Å². The van der Waals surface area contributed by atoms with Crippen molar-refractivity contribution in [3.05, 3.63) is 48.0 Å². The lowest BCUT2D eigenvalue weighted by molar-refractivity contribution is 0.0226. The van der Waals surface area contributed by atoms with Gasteiger partial charge in [-0.05, 0) is 38.1 Å². The molecule has 3 rings (SSSR count). The summed E-state index contributed by atoms with van der Waals surface area (Å²) in [6.07, 6.45) is 0. The van der Waals surface area contributed by atoms with E-state index in [1.54, 1.807) is 26.0 Å². The number of hydrogen-bond donors (Lipinski definition) is 1. The molecule has 0 fully saturated rings. The van der Waals surface area contributed by atoms with Crippen LogP contribution in [0.1, 0.15) is 24.2 Å². The first kappa shape index (κ1) is 14.5. The Labute approximate surface area is 128 Å². The molecule has 0 atom stereocenters. The Morgan fingerprint density at radius 2 is 1.86 bits per heavy atom. The molecule has 3 aromatic rings. The second kappa shape index (κ2) is 5.07. The molecule has 22 heavy (non-hydrogen) atoms. The minimum absolute atomic E-state index is 0.0501. The zero-order valence-corrected chi connectivity index (χ0v) is 12.8. The van der Waals surface area contributed by atoms with E-state index in [1.807, 2.05) is 30.3 Å². The van der Waals surface area contributed by atoms with Crippen LogP contribution in [0.5, 0.6) is 5.75 Å². The molecule has 0 aliphatic carbocycles. The second-order valence-electron chi connectivity index (χ2n) is 5.75. The Hall–Kier alpha value is -2.46. The predicted octanol–water partition coefficient (Wildman–Crippen LogP) is 3.70. The molecule has 0 spiro atoms. The quantitative estimate of drug-likeness (QED) is 0.591. The van der Waals surface area contributed by atoms with Gasteiger partial charge in [0.1, 0.15) is 11.4 Å². The molecule has 112 valence electrons. The van der Waals surface area contributed by atoms with Gasteiger partial charge in [-0.1, -0.05) is 18.2 Å². The Morgan fingerprint density at radius 1 is 1.14 bits per heavy atom. The molecule has 4 heteroatoms. The Bertz CT molecular complexity index is 884. The number of aromatic nitrogens is 1. The van der Waals surface area contributed by atoms with Crippen LogP contribution in [0.15, 0.2) is 42.5 Å². The molecule has 1 N–H and O–H groups in total. The number of pyridine rings is 1. The van der Waals surface area contributed by atoms with Crippen molar-refractivity contribution in [3.8, 4) is 5.75 Å². The zero-order valence-electron chi connectivity index (χ0n) is 12.8. The first-order valence-electron chi connectivity index (χ1n) is 7.05. The van der Waals surface area contributed by atoms with Crippen molar-refractivity contribution < 1.29 is 14.6 Å². The lowest BCUT2D eigenvalue weighted by Crippen LogP contribution is -2.33. The van der Waals surface area contributed by atoms with Gasteiger partial charge in [-0.15, -0.1) is 0 Å². The van der Waals surface area contributed by atoms with E-state index in [1.165, 1.54) is 7.11 Å². The molecule has 0 radical (unpaired) electrons. The summed E-state index contributed by atoms with van der Waals surface area (Å²) in [5, 5.41) is 12.0. The lowest BCUT2D eigenvalue weighted by atomic mass is 9.94. The second-order valence-corrected chi connectivity index (χ2v) is 5.75. The fourth-order valence-electron chi connectivity index (χ4n) is 2.43. The number of para-hydroxylation sites is 1. The number of methoxy groups -OCH3 is 1. The first-order chi connectivity index (χ1) is 10.4. The Balaban J connectivity index is 2.25. The average Bonchev–Trinajstić information content (AvgIpc) is 2.53. The Kier molecular flexibility index (Phi) is 3.34. The van der Waals surface area contributed by atoms with E-state index in [-0.39, 0.29) is 17.1 Å².